The van der Waals surface area contributed by atoms with Crippen LogP contribution in [0, 0.1) is 0 Å². The molecule has 190 valence electrons. The summed E-state index contributed by atoms with van der Waals surface area (Å²) in [5.74, 6) is -1.55. The minimum absolute atomic E-state index is 0.0112. The molecule has 0 radical (unpaired) electrons. The number of likely N-dealkylation sites (N-methyl/N-ethyl adjacent to an activating group) is 1. The van der Waals surface area contributed by atoms with Gasteiger partial charge in [-0.05, 0) is 29.8 Å². The number of imidazole rings is 1. The molecule has 1 aromatic heterocycles. The van der Waals surface area contributed by atoms with Crippen molar-refractivity contribution in [3.63, 3.8) is 0 Å². The van der Waals surface area contributed by atoms with E-state index in [9.17, 15) is 27.9 Å². The van der Waals surface area contributed by atoms with Crippen LogP contribution >= 0.6 is 11.6 Å². The van der Waals surface area contributed by atoms with E-state index in [2.05, 4.69) is 9.72 Å². The number of aliphatic hydroxyl groups excluding tert-OH is 1. The van der Waals surface area contributed by atoms with E-state index in [4.69, 9.17) is 16.3 Å². The van der Waals surface area contributed by atoms with Gasteiger partial charge in [-0.1, -0.05) is 29.8 Å². The maximum absolute atomic E-state index is 13.4. The Kier molecular flexibility index (Phi) is 7.09. The molecule has 0 saturated heterocycles. The van der Waals surface area contributed by atoms with Gasteiger partial charge in [0.25, 0.3) is 5.91 Å². The van der Waals surface area contributed by atoms with Gasteiger partial charge in [0.15, 0.2) is 11.5 Å². The third-order valence-corrected chi connectivity index (χ3v) is 5.55. The van der Waals surface area contributed by atoms with Crippen LogP contribution in [0.15, 0.2) is 48.5 Å². The summed E-state index contributed by atoms with van der Waals surface area (Å²) in [5.41, 5.74) is 0.725. The first-order valence-electron chi connectivity index (χ1n) is 10.6. The fourth-order valence-corrected chi connectivity index (χ4v) is 3.74. The number of carbonyl (C=O) groups excluding carboxylic acids is 2. The highest BCUT2D eigenvalue weighted by molar-refractivity contribution is 6.30. The molecule has 3 aromatic rings. The summed E-state index contributed by atoms with van der Waals surface area (Å²) in [6.45, 7) is -0.649. The molecule has 1 aliphatic heterocycles. The number of hydrogen-bond donors (Lipinski definition) is 1. The third-order valence-electron chi connectivity index (χ3n) is 5.29. The number of rotatable bonds is 7. The summed E-state index contributed by atoms with van der Waals surface area (Å²) in [7, 11) is 1.44. The first kappa shape index (κ1) is 25.3. The maximum Gasteiger partial charge on any atom is 0.573 e. The second-order valence-electron chi connectivity index (χ2n) is 7.81. The number of amides is 2. The highest BCUT2D eigenvalue weighted by Gasteiger charge is 2.36. The lowest BCUT2D eigenvalue weighted by molar-refractivity contribution is -0.274. The number of benzene rings is 2. The van der Waals surface area contributed by atoms with Crippen LogP contribution in [0.1, 0.15) is 16.1 Å². The van der Waals surface area contributed by atoms with Gasteiger partial charge in [0, 0.05) is 24.7 Å². The fraction of sp³-hybridized carbons (Fsp3) is 0.261. The zero-order valence-electron chi connectivity index (χ0n) is 18.8. The van der Waals surface area contributed by atoms with Crippen molar-refractivity contribution in [3.05, 3.63) is 64.8 Å². The van der Waals surface area contributed by atoms with Gasteiger partial charge in [-0.3, -0.25) is 19.1 Å². The third kappa shape index (κ3) is 5.55. The van der Waals surface area contributed by atoms with Crippen molar-refractivity contribution >= 4 is 29.2 Å². The number of aromatic nitrogens is 2. The van der Waals surface area contributed by atoms with Gasteiger partial charge in [0.1, 0.15) is 18.0 Å². The molecule has 0 atom stereocenters. The number of aliphatic hydroxyl groups is 1. The summed E-state index contributed by atoms with van der Waals surface area (Å²) in [5, 5.41) is 9.89. The quantitative estimate of drug-likeness (QED) is 0.506. The molecule has 0 bridgehead atoms. The van der Waals surface area contributed by atoms with Gasteiger partial charge >= 0.3 is 12.4 Å². The van der Waals surface area contributed by atoms with Crippen LogP contribution in [0.25, 0.3) is 0 Å². The van der Waals surface area contributed by atoms with Crippen LogP contribution in [-0.2, 0) is 11.3 Å². The minimum atomic E-state index is -4.89. The molecule has 1 aliphatic rings. The van der Waals surface area contributed by atoms with Crippen LogP contribution < -0.4 is 14.4 Å². The lowest BCUT2D eigenvalue weighted by atomic mass is 10.2. The lowest BCUT2D eigenvalue weighted by Crippen LogP contribution is -2.39. The van der Waals surface area contributed by atoms with Crippen molar-refractivity contribution in [2.24, 2.45) is 0 Å². The zero-order chi connectivity index (χ0) is 26.0. The molecule has 0 aliphatic carbocycles. The van der Waals surface area contributed by atoms with E-state index in [0.29, 0.717) is 10.6 Å². The predicted molar refractivity (Wildman–Crippen MR) is 122 cm³/mol. The largest absolute Gasteiger partial charge is 0.573 e. The van der Waals surface area contributed by atoms with Crippen LogP contribution in [-0.4, -0.2) is 64.5 Å². The molecule has 4 rings (SSSR count). The normalized spacial score (nSPS) is 14.1. The molecular weight excluding hydrogens is 505 g/mol. The molecule has 0 saturated carbocycles. The lowest BCUT2D eigenvalue weighted by Gasteiger charge is -2.20. The standard InChI is InChI=1S/C23H20ClF3N4O5/c1-29-18(33)13-30(9-10-32)21(34)19-20(29)28-22(31(19)12-14-5-7-15(24)8-6-14)35-16-3-2-4-17(11-16)36-23(25,26)27/h2-8,11,32H,9-10,12-13H2,1H3. The number of hydrogen-bond acceptors (Lipinski definition) is 6. The molecule has 36 heavy (non-hydrogen) atoms. The van der Waals surface area contributed by atoms with E-state index in [1.54, 1.807) is 24.3 Å². The van der Waals surface area contributed by atoms with Crippen molar-refractivity contribution in [3.8, 4) is 17.5 Å². The average molecular weight is 525 g/mol. The second kappa shape index (κ2) is 10.1. The summed E-state index contributed by atoms with van der Waals surface area (Å²) >= 11 is 5.98. The molecule has 0 unspecified atom stereocenters. The van der Waals surface area contributed by atoms with E-state index in [-0.39, 0.29) is 49.5 Å². The summed E-state index contributed by atoms with van der Waals surface area (Å²) < 4.78 is 49.2. The number of alkyl halides is 3. The van der Waals surface area contributed by atoms with Gasteiger partial charge in [-0.15, -0.1) is 13.2 Å². The van der Waals surface area contributed by atoms with Crippen molar-refractivity contribution < 1.29 is 37.3 Å². The Balaban J connectivity index is 1.80. The van der Waals surface area contributed by atoms with Gasteiger partial charge in [-0.25, -0.2) is 0 Å². The number of anilines is 1. The topological polar surface area (TPSA) is 97.1 Å². The van der Waals surface area contributed by atoms with Gasteiger partial charge in [0.05, 0.1) is 13.2 Å². The Morgan fingerprint density at radius 2 is 1.81 bits per heavy atom. The van der Waals surface area contributed by atoms with Crippen molar-refractivity contribution in [2.75, 3.05) is 31.6 Å². The first-order chi connectivity index (χ1) is 17.1. The fourth-order valence-electron chi connectivity index (χ4n) is 3.61. The maximum atomic E-state index is 13.4. The smallest absolute Gasteiger partial charge is 0.425 e. The van der Waals surface area contributed by atoms with Crippen molar-refractivity contribution in [1.29, 1.82) is 0 Å². The van der Waals surface area contributed by atoms with Crippen LogP contribution in [0.2, 0.25) is 5.02 Å². The van der Waals surface area contributed by atoms with E-state index in [1.165, 1.54) is 33.5 Å². The number of β-amino-alcohol motifs (C(OH)–C–C–N with tert-alkyl or cyclic N) is 1. The highest BCUT2D eigenvalue weighted by atomic mass is 35.5. The number of fused-ring (bicyclic) bond motifs is 1. The number of nitrogens with zero attached hydrogens (tertiary/aromatic N) is 4. The molecular formula is C23H20ClF3N4O5. The predicted octanol–water partition coefficient (Wildman–Crippen LogP) is 3.69. The molecule has 2 aromatic carbocycles. The molecule has 2 amide bonds. The Labute approximate surface area is 208 Å². The summed E-state index contributed by atoms with van der Waals surface area (Å²) in [6, 6.07) is 11.4. The van der Waals surface area contributed by atoms with E-state index < -0.39 is 23.9 Å². The zero-order valence-corrected chi connectivity index (χ0v) is 19.6. The molecule has 2 heterocycles. The Bertz CT molecular complexity index is 1280. The van der Waals surface area contributed by atoms with E-state index in [1.807, 2.05) is 0 Å². The van der Waals surface area contributed by atoms with Crippen LogP contribution in [0.3, 0.4) is 0 Å². The molecule has 0 fully saturated rings. The first-order valence-corrected chi connectivity index (χ1v) is 11.0. The number of ether oxygens (including phenoxy) is 2. The number of halogens is 4. The van der Waals surface area contributed by atoms with Gasteiger partial charge in [0.2, 0.25) is 5.91 Å². The van der Waals surface area contributed by atoms with E-state index in [0.717, 1.165) is 12.1 Å². The molecule has 0 spiro atoms. The molecule has 1 N–H and O–H groups in total. The van der Waals surface area contributed by atoms with Crippen molar-refractivity contribution in [2.45, 2.75) is 12.9 Å². The van der Waals surface area contributed by atoms with Gasteiger partial charge < -0.3 is 19.5 Å². The Morgan fingerprint density at radius 3 is 2.47 bits per heavy atom. The second-order valence-corrected chi connectivity index (χ2v) is 8.24. The highest BCUT2D eigenvalue weighted by Crippen LogP contribution is 2.34. The van der Waals surface area contributed by atoms with Gasteiger partial charge in [-0.2, -0.15) is 4.98 Å². The SMILES string of the molecule is CN1C(=O)CN(CCO)C(=O)c2c1nc(Oc1cccc(OC(F)(F)F)c1)n2Cc1ccc(Cl)cc1. The minimum Gasteiger partial charge on any atom is -0.425 e. The van der Waals surface area contributed by atoms with Crippen molar-refractivity contribution in [1.82, 2.24) is 14.5 Å². The summed E-state index contributed by atoms with van der Waals surface area (Å²) in [4.78, 5) is 32.8. The molecule has 9 nitrogen and oxygen atoms in total. The van der Waals surface area contributed by atoms with Crippen LogP contribution in [0.5, 0.6) is 17.5 Å². The Hall–Kier alpha value is -3.77. The average Bonchev–Trinajstić information content (AvgIpc) is 3.12. The molecule has 13 heteroatoms. The van der Waals surface area contributed by atoms with E-state index >= 15 is 0 Å². The van der Waals surface area contributed by atoms with Crippen LogP contribution in [0.4, 0.5) is 19.0 Å². The number of carbonyl (C=O) groups is 2. The Morgan fingerprint density at radius 1 is 1.11 bits per heavy atom. The summed E-state index contributed by atoms with van der Waals surface area (Å²) in [6.07, 6.45) is -4.89. The monoisotopic (exact) mass is 524 g/mol.